The van der Waals surface area contributed by atoms with E-state index in [0.717, 1.165) is 23.6 Å². The first-order valence-electron chi connectivity index (χ1n) is 6.91. The van der Waals surface area contributed by atoms with Gasteiger partial charge in [-0.25, -0.2) is 0 Å². The van der Waals surface area contributed by atoms with Crippen LogP contribution < -0.4 is 10.2 Å². The maximum Gasteiger partial charge on any atom is 0.123 e. The molecule has 2 aromatic rings. The highest BCUT2D eigenvalue weighted by molar-refractivity contribution is 5.53. The van der Waals surface area contributed by atoms with Gasteiger partial charge in [-0.3, -0.25) is 0 Å². The van der Waals surface area contributed by atoms with Gasteiger partial charge in [0.05, 0.1) is 12.8 Å². The summed E-state index contributed by atoms with van der Waals surface area (Å²) in [6, 6.07) is 9.75. The number of hydrogen-bond donors (Lipinski definition) is 2. The first-order chi connectivity index (χ1) is 9.61. The van der Waals surface area contributed by atoms with Crippen LogP contribution in [0.4, 0.5) is 5.69 Å². The van der Waals surface area contributed by atoms with Crippen LogP contribution in [0.25, 0.3) is 0 Å². The Morgan fingerprint density at radius 2 is 2.15 bits per heavy atom. The Balaban J connectivity index is 2.11. The maximum atomic E-state index is 10.2. The van der Waals surface area contributed by atoms with Crippen LogP contribution in [0.1, 0.15) is 31.2 Å². The third-order valence-electron chi connectivity index (χ3n) is 3.40. The van der Waals surface area contributed by atoms with E-state index in [9.17, 15) is 5.11 Å². The number of nitrogens with one attached hydrogen (secondary N) is 1. The second-order valence-electron chi connectivity index (χ2n) is 4.96. The van der Waals surface area contributed by atoms with Crippen molar-refractivity contribution >= 4 is 5.69 Å². The minimum absolute atomic E-state index is 0.143. The van der Waals surface area contributed by atoms with Crippen molar-refractivity contribution in [1.82, 2.24) is 5.32 Å². The number of hydrogen-bond acceptors (Lipinski definition) is 4. The Morgan fingerprint density at radius 1 is 1.35 bits per heavy atom. The summed E-state index contributed by atoms with van der Waals surface area (Å²) in [4.78, 5) is 2.04. The predicted octanol–water partition coefficient (Wildman–Crippen LogP) is 3.29. The fourth-order valence-electron chi connectivity index (χ4n) is 2.28. The number of benzene rings is 1. The van der Waals surface area contributed by atoms with Crippen LogP contribution in [0, 0.1) is 0 Å². The van der Waals surface area contributed by atoms with Crippen LogP contribution in [0.3, 0.4) is 0 Å². The summed E-state index contributed by atoms with van der Waals surface area (Å²) in [6.45, 7) is 5.65. The molecule has 0 saturated carbocycles. The fraction of sp³-hybridized carbons (Fsp3) is 0.375. The van der Waals surface area contributed by atoms with Crippen LogP contribution in [0.2, 0.25) is 0 Å². The van der Waals surface area contributed by atoms with E-state index in [2.05, 4.69) is 12.2 Å². The molecule has 1 unspecified atom stereocenters. The largest absolute Gasteiger partial charge is 0.508 e. The number of aromatic hydroxyl groups is 1. The van der Waals surface area contributed by atoms with Crippen molar-refractivity contribution in [1.29, 1.82) is 0 Å². The zero-order valence-electron chi connectivity index (χ0n) is 12.3. The lowest BCUT2D eigenvalue weighted by atomic mass is 10.1. The lowest BCUT2D eigenvalue weighted by molar-refractivity contribution is 0.454. The molecule has 0 aliphatic heterocycles. The lowest BCUT2D eigenvalue weighted by Gasteiger charge is -2.20. The van der Waals surface area contributed by atoms with Crippen LogP contribution >= 0.6 is 0 Å². The molecule has 4 heteroatoms. The quantitative estimate of drug-likeness (QED) is 0.848. The molecule has 108 valence electrons. The monoisotopic (exact) mass is 274 g/mol. The molecule has 4 nitrogen and oxygen atoms in total. The Kier molecular flexibility index (Phi) is 4.69. The van der Waals surface area contributed by atoms with E-state index >= 15 is 0 Å². The van der Waals surface area contributed by atoms with Gasteiger partial charge in [0.15, 0.2) is 0 Å². The number of nitrogens with zero attached hydrogens (tertiary/aromatic N) is 1. The van der Waals surface area contributed by atoms with Gasteiger partial charge in [-0.15, -0.1) is 0 Å². The summed E-state index contributed by atoms with van der Waals surface area (Å²) in [6.07, 6.45) is 1.67. The van der Waals surface area contributed by atoms with Gasteiger partial charge in [-0.2, -0.15) is 0 Å². The minimum atomic E-state index is 0.143. The van der Waals surface area contributed by atoms with Crippen molar-refractivity contribution in [3.05, 3.63) is 47.9 Å². The summed E-state index contributed by atoms with van der Waals surface area (Å²) in [5.74, 6) is 1.22. The van der Waals surface area contributed by atoms with E-state index in [4.69, 9.17) is 4.42 Å². The molecule has 0 aliphatic carbocycles. The smallest absolute Gasteiger partial charge is 0.123 e. The fourth-order valence-corrected chi connectivity index (χ4v) is 2.28. The lowest BCUT2D eigenvalue weighted by Crippen LogP contribution is -2.19. The molecular weight excluding hydrogens is 252 g/mol. The van der Waals surface area contributed by atoms with E-state index in [1.165, 1.54) is 0 Å². The van der Waals surface area contributed by atoms with Crippen molar-refractivity contribution in [3.63, 3.8) is 0 Å². The molecule has 1 aromatic carbocycles. The Labute approximate surface area is 120 Å². The summed E-state index contributed by atoms with van der Waals surface area (Å²) in [5, 5.41) is 13.5. The zero-order valence-corrected chi connectivity index (χ0v) is 12.3. The highest BCUT2D eigenvalue weighted by Gasteiger charge is 2.12. The van der Waals surface area contributed by atoms with Gasteiger partial charge < -0.3 is 19.7 Å². The molecule has 0 aliphatic rings. The third kappa shape index (κ3) is 3.33. The number of furan rings is 1. The molecule has 1 atom stereocenters. The van der Waals surface area contributed by atoms with Crippen molar-refractivity contribution in [2.75, 3.05) is 18.5 Å². The minimum Gasteiger partial charge on any atom is -0.508 e. The van der Waals surface area contributed by atoms with Gasteiger partial charge in [0.25, 0.3) is 0 Å². The SMILES string of the molecule is CCNC(C)c1ccc(N(C)Cc2ccco2)cc1O. The van der Waals surface area contributed by atoms with Crippen molar-refractivity contribution in [2.24, 2.45) is 0 Å². The molecule has 0 spiro atoms. The summed E-state index contributed by atoms with van der Waals surface area (Å²) in [7, 11) is 1.98. The second-order valence-corrected chi connectivity index (χ2v) is 4.96. The van der Waals surface area contributed by atoms with Gasteiger partial charge in [-0.1, -0.05) is 13.0 Å². The highest BCUT2D eigenvalue weighted by atomic mass is 16.3. The van der Waals surface area contributed by atoms with Gasteiger partial charge in [0, 0.05) is 30.4 Å². The summed E-state index contributed by atoms with van der Waals surface area (Å²) < 4.78 is 5.34. The second kappa shape index (κ2) is 6.48. The van der Waals surface area contributed by atoms with Crippen LogP contribution in [-0.2, 0) is 6.54 Å². The van der Waals surface area contributed by atoms with Crippen molar-refractivity contribution < 1.29 is 9.52 Å². The Bertz CT molecular complexity index is 537. The molecule has 2 rings (SSSR count). The topological polar surface area (TPSA) is 48.6 Å². The molecule has 0 bridgehead atoms. The van der Waals surface area contributed by atoms with Gasteiger partial charge in [-0.05, 0) is 31.7 Å². The molecule has 0 radical (unpaired) electrons. The molecule has 0 amide bonds. The third-order valence-corrected chi connectivity index (χ3v) is 3.40. The molecule has 0 fully saturated rings. The van der Waals surface area contributed by atoms with E-state index in [0.29, 0.717) is 12.3 Å². The van der Waals surface area contributed by atoms with Gasteiger partial charge in [0.1, 0.15) is 11.5 Å². The highest BCUT2D eigenvalue weighted by Crippen LogP contribution is 2.29. The Morgan fingerprint density at radius 3 is 2.75 bits per heavy atom. The average molecular weight is 274 g/mol. The summed E-state index contributed by atoms with van der Waals surface area (Å²) in [5.41, 5.74) is 1.88. The standard InChI is InChI=1S/C16H22N2O2/c1-4-17-12(2)15-8-7-13(10-16(15)19)18(3)11-14-6-5-9-20-14/h5-10,12,17,19H,4,11H2,1-3H3. The van der Waals surface area contributed by atoms with Crippen LogP contribution in [0.5, 0.6) is 5.75 Å². The predicted molar refractivity (Wildman–Crippen MR) is 81.0 cm³/mol. The maximum absolute atomic E-state index is 10.2. The molecule has 2 N–H and O–H groups in total. The van der Waals surface area contributed by atoms with E-state index in [-0.39, 0.29) is 6.04 Å². The number of phenols is 1. The van der Waals surface area contributed by atoms with Crippen molar-refractivity contribution in [3.8, 4) is 5.75 Å². The number of phenolic OH excluding ortho intramolecular Hbond substituents is 1. The normalized spacial score (nSPS) is 12.3. The number of anilines is 1. The molecule has 1 aromatic heterocycles. The van der Waals surface area contributed by atoms with Crippen LogP contribution in [0.15, 0.2) is 41.0 Å². The summed E-state index contributed by atoms with van der Waals surface area (Å²) >= 11 is 0. The average Bonchev–Trinajstić information content (AvgIpc) is 2.91. The zero-order chi connectivity index (χ0) is 14.5. The van der Waals surface area contributed by atoms with Crippen molar-refractivity contribution in [2.45, 2.75) is 26.4 Å². The van der Waals surface area contributed by atoms with E-state index in [1.807, 2.05) is 43.1 Å². The first-order valence-corrected chi connectivity index (χ1v) is 6.91. The van der Waals surface area contributed by atoms with Gasteiger partial charge in [0.2, 0.25) is 0 Å². The molecule has 20 heavy (non-hydrogen) atoms. The molecule has 1 heterocycles. The van der Waals surface area contributed by atoms with E-state index in [1.54, 1.807) is 12.3 Å². The van der Waals surface area contributed by atoms with Crippen LogP contribution in [-0.4, -0.2) is 18.7 Å². The van der Waals surface area contributed by atoms with E-state index < -0.39 is 0 Å². The molecular formula is C16H22N2O2. The molecule has 0 saturated heterocycles. The van der Waals surface area contributed by atoms with Gasteiger partial charge >= 0.3 is 0 Å². The number of rotatable bonds is 6. The first kappa shape index (κ1) is 14.5. The Hall–Kier alpha value is -1.94.